The Hall–Kier alpha value is -3.15. The zero-order valence-corrected chi connectivity index (χ0v) is 13.7. The summed E-state index contributed by atoms with van der Waals surface area (Å²) in [6, 6.07) is 13.6. The number of hydrogen-bond acceptors (Lipinski definition) is 5. The van der Waals surface area contributed by atoms with Crippen LogP contribution in [0.2, 0.25) is 0 Å². The summed E-state index contributed by atoms with van der Waals surface area (Å²) in [6.07, 6.45) is -0.198. The van der Waals surface area contributed by atoms with Crippen molar-refractivity contribution in [2.75, 3.05) is 12.4 Å². The predicted molar refractivity (Wildman–Crippen MR) is 90.0 cm³/mol. The van der Waals surface area contributed by atoms with Gasteiger partial charge in [0.2, 0.25) is 12.0 Å². The van der Waals surface area contributed by atoms with Crippen LogP contribution in [0.4, 0.5) is 5.69 Å². The van der Waals surface area contributed by atoms with E-state index in [9.17, 15) is 14.4 Å². The first-order valence-corrected chi connectivity index (χ1v) is 7.85. The van der Waals surface area contributed by atoms with Crippen LogP contribution >= 0.6 is 0 Å². The van der Waals surface area contributed by atoms with Crippen molar-refractivity contribution < 1.29 is 23.9 Å². The lowest BCUT2D eigenvalue weighted by Crippen LogP contribution is -2.22. The summed E-state index contributed by atoms with van der Waals surface area (Å²) in [5.41, 5.74) is 2.41. The molecule has 6 nitrogen and oxygen atoms in total. The molecule has 0 saturated carbocycles. The highest BCUT2D eigenvalue weighted by atomic mass is 16.6. The van der Waals surface area contributed by atoms with Gasteiger partial charge in [-0.05, 0) is 30.2 Å². The van der Waals surface area contributed by atoms with Crippen molar-refractivity contribution in [3.63, 3.8) is 0 Å². The number of rotatable bonds is 4. The molecule has 1 aliphatic heterocycles. The average Bonchev–Trinajstić information content (AvgIpc) is 2.65. The van der Waals surface area contributed by atoms with Crippen molar-refractivity contribution in [3.05, 3.63) is 65.2 Å². The van der Waals surface area contributed by atoms with Crippen LogP contribution in [0.3, 0.4) is 0 Å². The number of benzene rings is 2. The van der Waals surface area contributed by atoms with Crippen LogP contribution in [-0.4, -0.2) is 25.0 Å². The summed E-state index contributed by atoms with van der Waals surface area (Å²) in [5, 5.41) is 2.75. The standard InChI is InChI=1S/C19H17NO5/c1-24-19(23)17(12-5-3-2-4-6-12)25-18(22)14-7-9-15-13(11-14)8-10-16(21)20-15/h2-7,9,11,17H,8,10H2,1H3,(H,20,21). The number of anilines is 1. The third kappa shape index (κ3) is 3.68. The van der Waals surface area contributed by atoms with E-state index in [2.05, 4.69) is 5.32 Å². The lowest BCUT2D eigenvalue weighted by molar-refractivity contribution is -0.151. The van der Waals surface area contributed by atoms with Gasteiger partial charge in [-0.2, -0.15) is 0 Å². The molecule has 0 spiro atoms. The number of ether oxygens (including phenoxy) is 2. The lowest BCUT2D eigenvalue weighted by Gasteiger charge is -2.19. The van der Waals surface area contributed by atoms with Crippen molar-refractivity contribution >= 4 is 23.5 Å². The molecule has 1 heterocycles. The number of amides is 1. The zero-order valence-electron chi connectivity index (χ0n) is 13.7. The van der Waals surface area contributed by atoms with Gasteiger partial charge in [-0.3, -0.25) is 4.79 Å². The van der Waals surface area contributed by atoms with E-state index in [0.717, 1.165) is 5.56 Å². The predicted octanol–water partition coefficient (Wildman–Crippen LogP) is 2.64. The molecule has 1 atom stereocenters. The summed E-state index contributed by atoms with van der Waals surface area (Å²) < 4.78 is 10.1. The third-order valence-electron chi connectivity index (χ3n) is 3.98. The highest BCUT2D eigenvalue weighted by Gasteiger charge is 2.27. The number of esters is 2. The van der Waals surface area contributed by atoms with Crippen molar-refractivity contribution in [2.24, 2.45) is 0 Å². The number of aryl methyl sites for hydroxylation is 1. The molecule has 6 heteroatoms. The molecular formula is C19H17NO5. The maximum Gasteiger partial charge on any atom is 0.351 e. The highest BCUT2D eigenvalue weighted by molar-refractivity contribution is 5.96. The maximum absolute atomic E-state index is 12.5. The fourth-order valence-electron chi connectivity index (χ4n) is 2.67. The van der Waals surface area contributed by atoms with Gasteiger partial charge in [-0.1, -0.05) is 30.3 Å². The minimum Gasteiger partial charge on any atom is -0.466 e. The molecule has 1 N–H and O–H groups in total. The van der Waals surface area contributed by atoms with E-state index < -0.39 is 18.0 Å². The van der Waals surface area contributed by atoms with Crippen LogP contribution in [0.15, 0.2) is 48.5 Å². The fraction of sp³-hybridized carbons (Fsp3) is 0.211. The van der Waals surface area contributed by atoms with Gasteiger partial charge in [0.05, 0.1) is 12.7 Å². The Morgan fingerprint density at radius 1 is 1.08 bits per heavy atom. The molecule has 0 radical (unpaired) electrons. The monoisotopic (exact) mass is 339 g/mol. The average molecular weight is 339 g/mol. The van der Waals surface area contributed by atoms with Gasteiger partial charge in [0, 0.05) is 17.7 Å². The Bertz CT molecular complexity index is 816. The quantitative estimate of drug-likeness (QED) is 0.866. The van der Waals surface area contributed by atoms with Gasteiger partial charge < -0.3 is 14.8 Å². The minimum atomic E-state index is -1.13. The van der Waals surface area contributed by atoms with Crippen LogP contribution < -0.4 is 5.32 Å². The number of fused-ring (bicyclic) bond motifs is 1. The Balaban J connectivity index is 1.82. The van der Waals surface area contributed by atoms with E-state index >= 15 is 0 Å². The SMILES string of the molecule is COC(=O)C(OC(=O)c1ccc2c(c1)CCC(=O)N2)c1ccccc1. The largest absolute Gasteiger partial charge is 0.466 e. The summed E-state index contributed by atoms with van der Waals surface area (Å²) in [7, 11) is 1.24. The Morgan fingerprint density at radius 3 is 2.56 bits per heavy atom. The van der Waals surface area contributed by atoms with E-state index in [0.29, 0.717) is 29.7 Å². The normalized spacial score (nSPS) is 14.0. The van der Waals surface area contributed by atoms with Crippen LogP contribution in [-0.2, 0) is 25.5 Å². The molecule has 0 aliphatic carbocycles. The molecule has 2 aromatic rings. The van der Waals surface area contributed by atoms with Gasteiger partial charge in [0.25, 0.3) is 0 Å². The Kier molecular flexibility index (Phi) is 4.79. The molecule has 128 valence electrons. The lowest BCUT2D eigenvalue weighted by atomic mass is 10.0. The van der Waals surface area contributed by atoms with Crippen molar-refractivity contribution in [1.29, 1.82) is 0 Å². The molecule has 0 bridgehead atoms. The highest BCUT2D eigenvalue weighted by Crippen LogP contribution is 2.26. The number of nitrogens with one attached hydrogen (secondary N) is 1. The molecular weight excluding hydrogens is 322 g/mol. The van der Waals surface area contributed by atoms with E-state index in [1.807, 2.05) is 0 Å². The molecule has 1 aliphatic rings. The topological polar surface area (TPSA) is 81.7 Å². The second-order valence-electron chi connectivity index (χ2n) is 5.64. The first kappa shape index (κ1) is 16.7. The smallest absolute Gasteiger partial charge is 0.351 e. The second-order valence-corrected chi connectivity index (χ2v) is 5.64. The van der Waals surface area contributed by atoms with Crippen molar-refractivity contribution in [3.8, 4) is 0 Å². The van der Waals surface area contributed by atoms with Gasteiger partial charge in [0.15, 0.2) is 0 Å². The van der Waals surface area contributed by atoms with E-state index in [4.69, 9.17) is 9.47 Å². The molecule has 25 heavy (non-hydrogen) atoms. The second kappa shape index (κ2) is 7.17. The molecule has 3 rings (SSSR count). The zero-order chi connectivity index (χ0) is 17.8. The van der Waals surface area contributed by atoms with Crippen LogP contribution in [0.1, 0.15) is 34.0 Å². The van der Waals surface area contributed by atoms with Crippen LogP contribution in [0, 0.1) is 0 Å². The summed E-state index contributed by atoms with van der Waals surface area (Å²) >= 11 is 0. The first-order valence-electron chi connectivity index (χ1n) is 7.85. The molecule has 2 aromatic carbocycles. The Labute approximate surface area is 144 Å². The summed E-state index contributed by atoms with van der Waals surface area (Å²) in [5.74, 6) is -1.32. The van der Waals surface area contributed by atoms with Gasteiger partial charge in [-0.15, -0.1) is 0 Å². The third-order valence-corrected chi connectivity index (χ3v) is 3.98. The molecule has 0 saturated heterocycles. The molecule has 1 unspecified atom stereocenters. The summed E-state index contributed by atoms with van der Waals surface area (Å²) in [6.45, 7) is 0. The van der Waals surface area contributed by atoms with E-state index in [1.54, 1.807) is 48.5 Å². The van der Waals surface area contributed by atoms with Gasteiger partial charge in [-0.25, -0.2) is 9.59 Å². The fourth-order valence-corrected chi connectivity index (χ4v) is 2.67. The number of carbonyl (C=O) groups excluding carboxylic acids is 3. The van der Waals surface area contributed by atoms with Crippen LogP contribution in [0.25, 0.3) is 0 Å². The number of hydrogen-bond donors (Lipinski definition) is 1. The molecule has 0 fully saturated rings. The van der Waals surface area contributed by atoms with Gasteiger partial charge >= 0.3 is 11.9 Å². The number of carbonyl (C=O) groups is 3. The Morgan fingerprint density at radius 2 is 1.84 bits per heavy atom. The molecule has 1 amide bonds. The van der Waals surface area contributed by atoms with Gasteiger partial charge in [0.1, 0.15) is 0 Å². The number of methoxy groups -OCH3 is 1. The minimum absolute atomic E-state index is 0.0438. The molecule has 0 aromatic heterocycles. The van der Waals surface area contributed by atoms with E-state index in [1.165, 1.54) is 7.11 Å². The maximum atomic E-state index is 12.5. The van der Waals surface area contributed by atoms with Crippen LogP contribution in [0.5, 0.6) is 0 Å². The van der Waals surface area contributed by atoms with Crippen molar-refractivity contribution in [1.82, 2.24) is 0 Å². The summed E-state index contributed by atoms with van der Waals surface area (Å²) in [4.78, 5) is 35.9. The first-order chi connectivity index (χ1) is 12.1. The van der Waals surface area contributed by atoms with Crippen molar-refractivity contribution in [2.45, 2.75) is 18.9 Å². The van der Waals surface area contributed by atoms with E-state index in [-0.39, 0.29) is 5.91 Å².